The molecule has 1 aliphatic rings. The number of aliphatic hydroxyl groups excluding tert-OH is 1. The highest BCUT2D eigenvalue weighted by atomic mass is 16.4. The molecule has 5 nitrogen and oxygen atoms in total. The van der Waals surface area contributed by atoms with Gasteiger partial charge in [0, 0.05) is 11.6 Å². The zero-order chi connectivity index (χ0) is 13.1. The maximum absolute atomic E-state index is 9.29. The Labute approximate surface area is 111 Å². The SMILES string of the molecule is OCC1CCCN1Cc1nnc(-c2ccccc2)o1. The van der Waals surface area contributed by atoms with Crippen molar-refractivity contribution < 1.29 is 9.52 Å². The zero-order valence-electron chi connectivity index (χ0n) is 10.7. The summed E-state index contributed by atoms with van der Waals surface area (Å²) in [6.07, 6.45) is 2.15. The Hall–Kier alpha value is -1.72. The van der Waals surface area contributed by atoms with Gasteiger partial charge in [-0.1, -0.05) is 18.2 Å². The molecule has 1 unspecified atom stereocenters. The molecule has 2 heterocycles. The molecular formula is C14H17N3O2. The molecule has 1 saturated heterocycles. The molecule has 0 radical (unpaired) electrons. The Morgan fingerprint density at radius 3 is 2.89 bits per heavy atom. The number of benzene rings is 1. The van der Waals surface area contributed by atoms with E-state index in [0.29, 0.717) is 18.3 Å². The van der Waals surface area contributed by atoms with Crippen molar-refractivity contribution in [2.24, 2.45) is 0 Å². The van der Waals surface area contributed by atoms with Crippen LogP contribution in [0.3, 0.4) is 0 Å². The first-order chi connectivity index (χ1) is 9.36. The van der Waals surface area contributed by atoms with Crippen LogP contribution in [0, 0.1) is 0 Å². The molecule has 3 rings (SSSR count). The standard InChI is InChI=1S/C14H17N3O2/c18-10-12-7-4-8-17(12)9-13-15-16-14(19-13)11-5-2-1-3-6-11/h1-3,5-6,12,18H,4,7-10H2. The predicted molar refractivity (Wildman–Crippen MR) is 70.3 cm³/mol. The minimum atomic E-state index is 0.194. The first kappa shape index (κ1) is 12.3. The third kappa shape index (κ3) is 2.67. The van der Waals surface area contributed by atoms with Crippen molar-refractivity contribution in [1.82, 2.24) is 15.1 Å². The lowest BCUT2D eigenvalue weighted by atomic mass is 10.2. The topological polar surface area (TPSA) is 62.4 Å². The van der Waals surface area contributed by atoms with E-state index in [1.165, 1.54) is 0 Å². The lowest BCUT2D eigenvalue weighted by Gasteiger charge is -2.20. The summed E-state index contributed by atoms with van der Waals surface area (Å²) in [6, 6.07) is 9.97. The number of likely N-dealkylation sites (tertiary alicyclic amines) is 1. The molecule has 1 aromatic carbocycles. The van der Waals surface area contributed by atoms with Crippen LogP contribution in [0.25, 0.3) is 11.5 Å². The van der Waals surface area contributed by atoms with Gasteiger partial charge in [-0.25, -0.2) is 0 Å². The van der Waals surface area contributed by atoms with Crippen molar-refractivity contribution in [2.45, 2.75) is 25.4 Å². The maximum Gasteiger partial charge on any atom is 0.247 e. The smallest absolute Gasteiger partial charge is 0.247 e. The van der Waals surface area contributed by atoms with Gasteiger partial charge in [0.2, 0.25) is 11.8 Å². The third-order valence-corrected chi connectivity index (χ3v) is 3.54. The maximum atomic E-state index is 9.29. The second-order valence-electron chi connectivity index (χ2n) is 4.82. The Bertz CT molecular complexity index is 526. The van der Waals surface area contributed by atoms with Crippen LogP contribution >= 0.6 is 0 Å². The number of nitrogens with zero attached hydrogens (tertiary/aromatic N) is 3. The molecule has 2 aromatic rings. The van der Waals surface area contributed by atoms with Gasteiger partial charge in [-0.3, -0.25) is 4.90 Å². The minimum absolute atomic E-state index is 0.194. The van der Waals surface area contributed by atoms with Gasteiger partial charge in [0.05, 0.1) is 13.2 Å². The third-order valence-electron chi connectivity index (χ3n) is 3.54. The normalized spacial score (nSPS) is 19.9. The van der Waals surface area contributed by atoms with Gasteiger partial charge >= 0.3 is 0 Å². The van der Waals surface area contributed by atoms with Gasteiger partial charge < -0.3 is 9.52 Å². The van der Waals surface area contributed by atoms with E-state index in [9.17, 15) is 5.11 Å². The van der Waals surface area contributed by atoms with E-state index in [1.807, 2.05) is 30.3 Å². The molecule has 100 valence electrons. The van der Waals surface area contributed by atoms with Crippen molar-refractivity contribution in [1.29, 1.82) is 0 Å². The first-order valence-electron chi connectivity index (χ1n) is 6.59. The summed E-state index contributed by atoms with van der Waals surface area (Å²) in [4.78, 5) is 2.20. The summed E-state index contributed by atoms with van der Waals surface area (Å²) in [7, 11) is 0. The van der Waals surface area contributed by atoms with Crippen LogP contribution in [-0.4, -0.2) is 39.4 Å². The van der Waals surface area contributed by atoms with E-state index in [-0.39, 0.29) is 12.6 Å². The highest BCUT2D eigenvalue weighted by Crippen LogP contribution is 2.21. The van der Waals surface area contributed by atoms with E-state index in [2.05, 4.69) is 15.1 Å². The Morgan fingerprint density at radius 1 is 1.26 bits per heavy atom. The Kier molecular flexibility index (Phi) is 3.57. The largest absolute Gasteiger partial charge is 0.419 e. The van der Waals surface area contributed by atoms with Crippen LogP contribution in [-0.2, 0) is 6.54 Å². The van der Waals surface area contributed by atoms with E-state index in [4.69, 9.17) is 4.42 Å². The average molecular weight is 259 g/mol. The van der Waals surface area contributed by atoms with Gasteiger partial charge in [0.25, 0.3) is 0 Å². The van der Waals surface area contributed by atoms with Crippen LogP contribution in [0.1, 0.15) is 18.7 Å². The van der Waals surface area contributed by atoms with Gasteiger partial charge in [0.15, 0.2) is 0 Å². The van der Waals surface area contributed by atoms with E-state index < -0.39 is 0 Å². The Morgan fingerprint density at radius 2 is 2.11 bits per heavy atom. The molecule has 1 aromatic heterocycles. The molecule has 0 saturated carbocycles. The second kappa shape index (κ2) is 5.50. The van der Waals surface area contributed by atoms with Crippen LogP contribution in [0.5, 0.6) is 0 Å². The fraction of sp³-hybridized carbons (Fsp3) is 0.429. The monoisotopic (exact) mass is 259 g/mol. The number of aromatic nitrogens is 2. The van der Waals surface area contributed by atoms with Gasteiger partial charge in [-0.2, -0.15) is 0 Å². The summed E-state index contributed by atoms with van der Waals surface area (Å²) >= 11 is 0. The van der Waals surface area contributed by atoms with Gasteiger partial charge in [-0.05, 0) is 31.5 Å². The van der Waals surface area contributed by atoms with E-state index in [0.717, 1.165) is 24.9 Å². The Balaban J connectivity index is 1.72. The van der Waals surface area contributed by atoms with Crippen molar-refractivity contribution in [2.75, 3.05) is 13.2 Å². The lowest BCUT2D eigenvalue weighted by Crippen LogP contribution is -2.31. The van der Waals surface area contributed by atoms with Crippen LogP contribution in [0.2, 0.25) is 0 Å². The lowest BCUT2D eigenvalue weighted by molar-refractivity contribution is 0.144. The summed E-state index contributed by atoms with van der Waals surface area (Å²) in [5.74, 6) is 1.16. The summed E-state index contributed by atoms with van der Waals surface area (Å²) in [5.41, 5.74) is 0.932. The summed E-state index contributed by atoms with van der Waals surface area (Å²) in [5, 5.41) is 17.4. The molecule has 0 bridgehead atoms. The quantitative estimate of drug-likeness (QED) is 0.905. The van der Waals surface area contributed by atoms with Gasteiger partial charge in [-0.15, -0.1) is 10.2 Å². The first-order valence-corrected chi connectivity index (χ1v) is 6.59. The van der Waals surface area contributed by atoms with E-state index in [1.54, 1.807) is 0 Å². The summed E-state index contributed by atoms with van der Waals surface area (Å²) < 4.78 is 5.68. The zero-order valence-corrected chi connectivity index (χ0v) is 10.7. The molecule has 19 heavy (non-hydrogen) atoms. The van der Waals surface area contributed by atoms with Crippen LogP contribution in [0.15, 0.2) is 34.7 Å². The van der Waals surface area contributed by atoms with Crippen molar-refractivity contribution in [3.8, 4) is 11.5 Å². The van der Waals surface area contributed by atoms with Gasteiger partial charge in [0.1, 0.15) is 0 Å². The van der Waals surface area contributed by atoms with Crippen molar-refractivity contribution >= 4 is 0 Å². The molecule has 1 atom stereocenters. The average Bonchev–Trinajstić information content (AvgIpc) is 3.09. The molecule has 1 aliphatic heterocycles. The molecule has 1 fully saturated rings. The number of hydrogen-bond donors (Lipinski definition) is 1. The number of aliphatic hydroxyl groups is 1. The van der Waals surface area contributed by atoms with Crippen LogP contribution in [0.4, 0.5) is 0 Å². The molecule has 0 spiro atoms. The second-order valence-corrected chi connectivity index (χ2v) is 4.82. The highest BCUT2D eigenvalue weighted by Gasteiger charge is 2.25. The van der Waals surface area contributed by atoms with E-state index >= 15 is 0 Å². The van der Waals surface area contributed by atoms with Crippen molar-refractivity contribution in [3.63, 3.8) is 0 Å². The molecule has 0 amide bonds. The minimum Gasteiger partial charge on any atom is -0.419 e. The molecule has 1 N–H and O–H groups in total. The van der Waals surface area contributed by atoms with Crippen LogP contribution < -0.4 is 0 Å². The molecular weight excluding hydrogens is 242 g/mol. The number of hydrogen-bond acceptors (Lipinski definition) is 5. The number of rotatable bonds is 4. The molecule has 5 heteroatoms. The van der Waals surface area contributed by atoms with Crippen molar-refractivity contribution in [3.05, 3.63) is 36.2 Å². The fourth-order valence-electron chi connectivity index (χ4n) is 2.50. The fourth-order valence-corrected chi connectivity index (χ4v) is 2.50. The predicted octanol–water partition coefficient (Wildman–Crippen LogP) is 1.69. The highest BCUT2D eigenvalue weighted by molar-refractivity contribution is 5.51. The summed E-state index contributed by atoms with van der Waals surface area (Å²) in [6.45, 7) is 1.79. The molecule has 0 aliphatic carbocycles.